The highest BCUT2D eigenvalue weighted by atomic mass is 35.5. The number of nitrogens with zero attached hydrogens (tertiary/aromatic N) is 1. The molecule has 9 heteroatoms. The Morgan fingerprint density at radius 3 is 2.51 bits per heavy atom. The van der Waals surface area contributed by atoms with E-state index in [9.17, 15) is 10.1 Å². The van der Waals surface area contributed by atoms with Crippen molar-refractivity contribution in [3.05, 3.63) is 69.2 Å². The summed E-state index contributed by atoms with van der Waals surface area (Å²) in [6.07, 6.45) is 1.95. The van der Waals surface area contributed by atoms with Crippen molar-refractivity contribution in [2.45, 2.75) is 69.5 Å². The van der Waals surface area contributed by atoms with E-state index in [0.717, 1.165) is 32.0 Å². The third-order valence-electron chi connectivity index (χ3n) is 7.42. The molecule has 0 bridgehead atoms. The van der Waals surface area contributed by atoms with E-state index in [2.05, 4.69) is 22.0 Å². The number of rotatable bonds is 5. The number of piperidine rings is 1. The molecular formula is C28H32Cl2F2N4O. The maximum atomic E-state index is 15.6. The summed E-state index contributed by atoms with van der Waals surface area (Å²) in [5, 5.41) is 20.6. The van der Waals surface area contributed by atoms with E-state index in [1.54, 1.807) is 6.07 Å². The number of carbonyl (C=O) groups is 1. The van der Waals surface area contributed by atoms with Crippen molar-refractivity contribution >= 4 is 29.1 Å². The number of hydrogen-bond donors (Lipinski definition) is 3. The highest BCUT2D eigenvalue weighted by molar-refractivity contribution is 6.31. The largest absolute Gasteiger partial charge is 0.352 e. The number of nitriles is 1. The Morgan fingerprint density at radius 1 is 1.19 bits per heavy atom. The van der Waals surface area contributed by atoms with Gasteiger partial charge in [-0.15, -0.1) is 0 Å². The van der Waals surface area contributed by atoms with Crippen molar-refractivity contribution in [1.29, 1.82) is 5.26 Å². The SMILES string of the molecule is CC(C)(C)CC1NC(C(=O)NC2CCNCC2)C(c2cccc(Cl)c2F)C1(C#N)c1ccc(Cl)cc1F. The van der Waals surface area contributed by atoms with Gasteiger partial charge in [0.1, 0.15) is 17.0 Å². The van der Waals surface area contributed by atoms with Gasteiger partial charge in [0, 0.05) is 28.6 Å². The molecule has 2 aliphatic rings. The molecule has 0 aromatic heterocycles. The summed E-state index contributed by atoms with van der Waals surface area (Å²) >= 11 is 12.2. The van der Waals surface area contributed by atoms with E-state index in [4.69, 9.17) is 23.2 Å². The highest BCUT2D eigenvalue weighted by Gasteiger charge is 2.61. The number of benzene rings is 2. The Labute approximate surface area is 226 Å². The Balaban J connectivity index is 1.93. The number of carbonyl (C=O) groups excluding carboxylic acids is 1. The standard InChI is InChI=1S/C28H32Cl2F2N4O/c1-27(2,3)14-22-28(15-33,19-8-7-16(29)13-21(19)31)23(18-5-4-6-20(30)24(18)32)25(36-22)26(37)35-17-9-11-34-12-10-17/h4-8,13,17,22-23,25,34,36H,9-12,14H2,1-3H3,(H,35,37). The number of halogens is 4. The summed E-state index contributed by atoms with van der Waals surface area (Å²) in [6, 6.07) is 9.31. The lowest BCUT2D eigenvalue weighted by molar-refractivity contribution is -0.124. The van der Waals surface area contributed by atoms with Crippen LogP contribution in [0.4, 0.5) is 8.78 Å². The molecule has 3 N–H and O–H groups in total. The molecule has 0 aliphatic carbocycles. The van der Waals surface area contributed by atoms with Crippen LogP contribution in [0, 0.1) is 28.4 Å². The molecule has 4 unspecified atom stereocenters. The van der Waals surface area contributed by atoms with Crippen molar-refractivity contribution in [2.75, 3.05) is 13.1 Å². The van der Waals surface area contributed by atoms with Crippen LogP contribution < -0.4 is 16.0 Å². The predicted molar refractivity (Wildman–Crippen MR) is 142 cm³/mol. The summed E-state index contributed by atoms with van der Waals surface area (Å²) in [6.45, 7) is 7.58. The van der Waals surface area contributed by atoms with Crippen LogP contribution in [0.25, 0.3) is 0 Å². The van der Waals surface area contributed by atoms with E-state index in [0.29, 0.717) is 6.42 Å². The van der Waals surface area contributed by atoms with E-state index >= 15 is 8.78 Å². The zero-order chi connectivity index (χ0) is 27.0. The van der Waals surface area contributed by atoms with Crippen LogP contribution in [0.3, 0.4) is 0 Å². The first-order valence-corrected chi connectivity index (χ1v) is 13.3. The van der Waals surface area contributed by atoms with Crippen LogP contribution in [0.2, 0.25) is 10.0 Å². The first-order chi connectivity index (χ1) is 17.5. The van der Waals surface area contributed by atoms with Gasteiger partial charge in [0.15, 0.2) is 0 Å². The molecule has 2 aromatic rings. The lowest BCUT2D eigenvalue weighted by Gasteiger charge is -2.37. The third-order valence-corrected chi connectivity index (χ3v) is 7.94. The molecule has 0 spiro atoms. The van der Waals surface area contributed by atoms with Gasteiger partial charge in [0.2, 0.25) is 5.91 Å². The monoisotopic (exact) mass is 548 g/mol. The van der Waals surface area contributed by atoms with Crippen LogP contribution >= 0.6 is 23.2 Å². The van der Waals surface area contributed by atoms with Gasteiger partial charge < -0.3 is 16.0 Å². The smallest absolute Gasteiger partial charge is 0.238 e. The van der Waals surface area contributed by atoms with Crippen LogP contribution in [-0.2, 0) is 10.2 Å². The highest BCUT2D eigenvalue weighted by Crippen LogP contribution is 2.52. The molecule has 2 saturated heterocycles. The second kappa shape index (κ2) is 10.9. The fourth-order valence-corrected chi connectivity index (χ4v) is 6.15. The van der Waals surface area contributed by atoms with Gasteiger partial charge in [-0.1, -0.05) is 62.2 Å². The summed E-state index contributed by atoms with van der Waals surface area (Å²) in [4.78, 5) is 13.8. The fraction of sp³-hybridized carbons (Fsp3) is 0.500. The Bertz CT molecular complexity index is 1210. The Hall–Kier alpha value is -2.24. The van der Waals surface area contributed by atoms with Crippen molar-refractivity contribution < 1.29 is 13.6 Å². The molecule has 0 radical (unpaired) electrons. The van der Waals surface area contributed by atoms with Crippen molar-refractivity contribution in [3.63, 3.8) is 0 Å². The average molecular weight is 549 g/mol. The van der Waals surface area contributed by atoms with Crippen LogP contribution in [0.1, 0.15) is 57.1 Å². The normalized spacial score (nSPS) is 26.6. The maximum Gasteiger partial charge on any atom is 0.238 e. The van der Waals surface area contributed by atoms with Gasteiger partial charge in [-0.3, -0.25) is 4.79 Å². The average Bonchev–Trinajstić information content (AvgIpc) is 3.14. The number of hydrogen-bond acceptors (Lipinski definition) is 4. The quantitative estimate of drug-likeness (QED) is 0.463. The minimum atomic E-state index is -1.62. The molecule has 4 atom stereocenters. The zero-order valence-corrected chi connectivity index (χ0v) is 22.7. The second-order valence-electron chi connectivity index (χ2n) is 11.2. The third kappa shape index (κ3) is 5.49. The maximum absolute atomic E-state index is 15.6. The number of amides is 1. The van der Waals surface area contributed by atoms with Crippen molar-refractivity contribution in [3.8, 4) is 6.07 Å². The minimum absolute atomic E-state index is 0.0502. The van der Waals surface area contributed by atoms with E-state index in [1.807, 2.05) is 20.8 Å². The van der Waals surface area contributed by atoms with Crippen molar-refractivity contribution in [1.82, 2.24) is 16.0 Å². The molecule has 1 amide bonds. The van der Waals surface area contributed by atoms with Gasteiger partial charge in [-0.05, 0) is 61.5 Å². The molecule has 4 rings (SSSR count). The summed E-state index contributed by atoms with van der Waals surface area (Å²) in [5.74, 6) is -2.80. The van der Waals surface area contributed by atoms with Crippen LogP contribution in [0.15, 0.2) is 36.4 Å². The second-order valence-corrected chi connectivity index (χ2v) is 12.1. The summed E-state index contributed by atoms with van der Waals surface area (Å²) < 4.78 is 31.3. The molecule has 0 saturated carbocycles. The Kier molecular flexibility index (Phi) is 8.16. The topological polar surface area (TPSA) is 77.0 Å². The summed E-state index contributed by atoms with van der Waals surface area (Å²) in [5.41, 5.74) is -1.75. The molecule has 198 valence electrons. The van der Waals surface area contributed by atoms with Gasteiger partial charge in [-0.25, -0.2) is 8.78 Å². The van der Waals surface area contributed by atoms with E-state index in [-0.39, 0.29) is 38.5 Å². The van der Waals surface area contributed by atoms with Gasteiger partial charge >= 0.3 is 0 Å². The molecule has 5 nitrogen and oxygen atoms in total. The lowest BCUT2D eigenvalue weighted by Crippen LogP contribution is -2.51. The first kappa shape index (κ1) is 27.8. The molecule has 2 aromatic carbocycles. The van der Waals surface area contributed by atoms with E-state index in [1.165, 1.54) is 24.3 Å². The van der Waals surface area contributed by atoms with Gasteiger partial charge in [-0.2, -0.15) is 5.26 Å². The van der Waals surface area contributed by atoms with Crippen molar-refractivity contribution in [2.24, 2.45) is 5.41 Å². The molecule has 37 heavy (non-hydrogen) atoms. The van der Waals surface area contributed by atoms with Crippen LogP contribution in [-0.4, -0.2) is 37.1 Å². The molecule has 2 aliphatic heterocycles. The molecule has 2 heterocycles. The minimum Gasteiger partial charge on any atom is -0.352 e. The Morgan fingerprint density at radius 2 is 1.89 bits per heavy atom. The summed E-state index contributed by atoms with van der Waals surface area (Å²) in [7, 11) is 0. The fourth-order valence-electron chi connectivity index (χ4n) is 5.81. The predicted octanol–water partition coefficient (Wildman–Crippen LogP) is 5.46. The van der Waals surface area contributed by atoms with Gasteiger partial charge in [0.25, 0.3) is 0 Å². The lowest BCUT2D eigenvalue weighted by atomic mass is 9.62. The first-order valence-electron chi connectivity index (χ1n) is 12.6. The van der Waals surface area contributed by atoms with Gasteiger partial charge in [0.05, 0.1) is 17.1 Å². The van der Waals surface area contributed by atoms with Crippen LogP contribution in [0.5, 0.6) is 0 Å². The molecular weight excluding hydrogens is 517 g/mol. The van der Waals surface area contributed by atoms with E-state index < -0.39 is 35.1 Å². The number of nitrogens with one attached hydrogen (secondary N) is 3. The molecule has 2 fully saturated rings. The zero-order valence-electron chi connectivity index (χ0n) is 21.2.